The fourth-order valence-corrected chi connectivity index (χ4v) is 1.98. The lowest BCUT2D eigenvalue weighted by atomic mass is 10.2. The highest BCUT2D eigenvalue weighted by Gasteiger charge is 2.07. The van der Waals surface area contributed by atoms with Crippen LogP contribution in [-0.2, 0) is 10.0 Å². The Bertz CT molecular complexity index is 516. The molecule has 0 bridgehead atoms. The van der Waals surface area contributed by atoms with Gasteiger partial charge in [-0.1, -0.05) is 13.8 Å². The van der Waals surface area contributed by atoms with Gasteiger partial charge in [0.1, 0.15) is 17.5 Å². The molecule has 0 radical (unpaired) electrons. The molecule has 0 fully saturated rings. The third kappa shape index (κ3) is 5.84. The van der Waals surface area contributed by atoms with Gasteiger partial charge in [-0.25, -0.2) is 23.5 Å². The molecular weight excluding hydrogens is 266 g/mol. The molecule has 0 aromatic carbocycles. The van der Waals surface area contributed by atoms with Crippen LogP contribution in [0.4, 0.5) is 11.6 Å². The summed E-state index contributed by atoms with van der Waals surface area (Å²) in [5, 5.41) is 11.0. The van der Waals surface area contributed by atoms with Crippen LogP contribution < -0.4 is 15.8 Å². The molecule has 1 heterocycles. The summed E-state index contributed by atoms with van der Waals surface area (Å²) in [5.41, 5.74) is 0. The Labute approximate surface area is 114 Å². The zero-order valence-corrected chi connectivity index (χ0v) is 12.3. The molecule has 1 aromatic rings. The molecule has 0 aliphatic heterocycles. The highest BCUT2D eigenvalue weighted by atomic mass is 32.2. The molecule has 0 amide bonds. The fraction of sp³-hybridized carbons (Fsp3) is 0.636. The van der Waals surface area contributed by atoms with E-state index in [2.05, 4.69) is 20.6 Å². The number of rotatable bonds is 7. The molecule has 4 N–H and O–H groups in total. The molecule has 0 spiro atoms. The molecule has 7 nitrogen and oxygen atoms in total. The third-order valence-corrected chi connectivity index (χ3v) is 3.29. The van der Waals surface area contributed by atoms with Gasteiger partial charge in [0.15, 0.2) is 0 Å². The Morgan fingerprint density at radius 2 is 1.95 bits per heavy atom. The Morgan fingerprint density at radius 3 is 2.47 bits per heavy atom. The predicted octanol–water partition coefficient (Wildman–Crippen LogP) is 0.732. The van der Waals surface area contributed by atoms with Crippen molar-refractivity contribution >= 4 is 21.7 Å². The number of primary sulfonamides is 1. The van der Waals surface area contributed by atoms with Crippen molar-refractivity contribution in [3.63, 3.8) is 0 Å². The predicted molar refractivity (Wildman–Crippen MR) is 76.7 cm³/mol. The minimum atomic E-state index is -3.40. The van der Waals surface area contributed by atoms with Crippen LogP contribution in [0.15, 0.2) is 6.07 Å². The van der Waals surface area contributed by atoms with Crippen molar-refractivity contribution in [3.05, 3.63) is 11.9 Å². The zero-order chi connectivity index (χ0) is 14.5. The van der Waals surface area contributed by atoms with Gasteiger partial charge in [-0.05, 0) is 6.42 Å². The Kier molecular flexibility index (Phi) is 5.49. The SMILES string of the molecule is CNc1cc(NCCCS(N)(=O)=O)nc(C(C)C)n1. The number of anilines is 2. The summed E-state index contributed by atoms with van der Waals surface area (Å²) in [5.74, 6) is 2.32. The Balaban J connectivity index is 2.65. The molecule has 0 aliphatic carbocycles. The van der Waals surface area contributed by atoms with Crippen molar-refractivity contribution in [2.24, 2.45) is 5.14 Å². The number of nitrogens with zero attached hydrogens (tertiary/aromatic N) is 2. The summed E-state index contributed by atoms with van der Waals surface area (Å²) < 4.78 is 21.6. The van der Waals surface area contributed by atoms with Gasteiger partial charge < -0.3 is 10.6 Å². The van der Waals surface area contributed by atoms with E-state index in [9.17, 15) is 8.42 Å². The smallest absolute Gasteiger partial charge is 0.209 e. The number of aromatic nitrogens is 2. The summed E-state index contributed by atoms with van der Waals surface area (Å²) in [7, 11) is -1.61. The lowest BCUT2D eigenvalue weighted by molar-refractivity contribution is 0.595. The molecule has 0 unspecified atom stereocenters. The van der Waals surface area contributed by atoms with E-state index in [1.54, 1.807) is 13.1 Å². The van der Waals surface area contributed by atoms with Crippen LogP contribution in [0.3, 0.4) is 0 Å². The lowest BCUT2D eigenvalue weighted by Gasteiger charge is -2.11. The molecule has 1 aromatic heterocycles. The number of nitrogens with one attached hydrogen (secondary N) is 2. The maximum Gasteiger partial charge on any atom is 0.209 e. The van der Waals surface area contributed by atoms with E-state index < -0.39 is 10.0 Å². The van der Waals surface area contributed by atoms with Gasteiger partial charge in [-0.2, -0.15) is 0 Å². The average molecular weight is 287 g/mol. The molecule has 108 valence electrons. The first kappa shape index (κ1) is 15.6. The summed E-state index contributed by atoms with van der Waals surface area (Å²) in [6.07, 6.45) is 0.439. The number of nitrogens with two attached hydrogens (primary N) is 1. The van der Waals surface area contributed by atoms with Crippen LogP contribution in [0, 0.1) is 0 Å². The topological polar surface area (TPSA) is 110 Å². The zero-order valence-electron chi connectivity index (χ0n) is 11.5. The number of hydrogen-bond acceptors (Lipinski definition) is 6. The van der Waals surface area contributed by atoms with Crippen LogP contribution >= 0.6 is 0 Å². The molecule has 19 heavy (non-hydrogen) atoms. The van der Waals surface area contributed by atoms with Crippen molar-refractivity contribution in [1.29, 1.82) is 0 Å². The van der Waals surface area contributed by atoms with Gasteiger partial charge >= 0.3 is 0 Å². The highest BCUT2D eigenvalue weighted by molar-refractivity contribution is 7.89. The Morgan fingerprint density at radius 1 is 1.32 bits per heavy atom. The largest absolute Gasteiger partial charge is 0.373 e. The minimum absolute atomic E-state index is 0.0407. The summed E-state index contributed by atoms with van der Waals surface area (Å²) in [6, 6.07) is 1.78. The van der Waals surface area contributed by atoms with Gasteiger partial charge in [0, 0.05) is 25.6 Å². The standard InChI is InChI=1S/C11H21N5O2S/c1-8(2)11-15-9(13-3)7-10(16-11)14-5-4-6-19(12,17)18/h7-8H,4-6H2,1-3H3,(H2,12,17,18)(H2,13,14,15,16). The van der Waals surface area contributed by atoms with E-state index in [1.165, 1.54) is 0 Å². The van der Waals surface area contributed by atoms with Crippen molar-refractivity contribution in [2.45, 2.75) is 26.2 Å². The summed E-state index contributed by atoms with van der Waals surface area (Å²) in [4.78, 5) is 8.71. The number of hydrogen-bond donors (Lipinski definition) is 3. The van der Waals surface area contributed by atoms with Gasteiger partial charge in [0.25, 0.3) is 0 Å². The first-order valence-corrected chi connectivity index (χ1v) is 7.84. The summed E-state index contributed by atoms with van der Waals surface area (Å²) >= 11 is 0. The number of sulfonamides is 1. The molecule has 0 aliphatic rings. The normalized spacial score (nSPS) is 11.6. The second-order valence-corrected chi connectivity index (χ2v) is 6.28. The van der Waals surface area contributed by atoms with Gasteiger partial charge in [-0.15, -0.1) is 0 Å². The first-order chi connectivity index (χ1) is 8.81. The molecule has 8 heteroatoms. The van der Waals surface area contributed by atoms with Crippen LogP contribution in [0.25, 0.3) is 0 Å². The monoisotopic (exact) mass is 287 g/mol. The maximum atomic E-state index is 10.8. The summed E-state index contributed by atoms with van der Waals surface area (Å²) in [6.45, 7) is 4.52. The van der Waals surface area contributed by atoms with Crippen LogP contribution in [0.1, 0.15) is 32.0 Å². The van der Waals surface area contributed by atoms with E-state index >= 15 is 0 Å². The van der Waals surface area contributed by atoms with Crippen LogP contribution in [0.2, 0.25) is 0 Å². The van der Waals surface area contributed by atoms with Crippen molar-refractivity contribution in [1.82, 2.24) is 9.97 Å². The third-order valence-electron chi connectivity index (χ3n) is 2.43. The second-order valence-electron chi connectivity index (χ2n) is 4.55. The maximum absolute atomic E-state index is 10.8. The molecule has 1 rings (SSSR count). The fourth-order valence-electron chi connectivity index (χ4n) is 1.43. The Hall–Kier alpha value is -1.41. The average Bonchev–Trinajstić information content (AvgIpc) is 2.33. The molecule has 0 saturated carbocycles. The molecule has 0 atom stereocenters. The second kappa shape index (κ2) is 6.67. The van der Waals surface area contributed by atoms with Gasteiger partial charge in [-0.3, -0.25) is 0 Å². The van der Waals surface area contributed by atoms with E-state index in [0.717, 1.165) is 11.6 Å². The van der Waals surface area contributed by atoms with Crippen molar-refractivity contribution in [2.75, 3.05) is 30.0 Å². The quantitative estimate of drug-likeness (QED) is 0.638. The molecule has 0 saturated heterocycles. The van der Waals surface area contributed by atoms with Gasteiger partial charge in [0.2, 0.25) is 10.0 Å². The minimum Gasteiger partial charge on any atom is -0.373 e. The van der Waals surface area contributed by atoms with E-state index in [0.29, 0.717) is 18.8 Å². The lowest BCUT2D eigenvalue weighted by Crippen LogP contribution is -2.19. The van der Waals surface area contributed by atoms with Crippen LogP contribution in [0.5, 0.6) is 0 Å². The van der Waals surface area contributed by atoms with E-state index in [4.69, 9.17) is 5.14 Å². The van der Waals surface area contributed by atoms with Gasteiger partial charge in [0.05, 0.1) is 5.75 Å². The van der Waals surface area contributed by atoms with Crippen molar-refractivity contribution in [3.8, 4) is 0 Å². The van der Waals surface area contributed by atoms with Crippen molar-refractivity contribution < 1.29 is 8.42 Å². The highest BCUT2D eigenvalue weighted by Crippen LogP contribution is 2.16. The van der Waals surface area contributed by atoms with E-state index in [1.807, 2.05) is 13.8 Å². The van der Waals surface area contributed by atoms with E-state index in [-0.39, 0.29) is 11.7 Å². The molecular formula is C11H21N5O2S. The first-order valence-electron chi connectivity index (χ1n) is 6.13. The van der Waals surface area contributed by atoms with Crippen LogP contribution in [-0.4, -0.2) is 37.7 Å².